The zero-order valence-corrected chi connectivity index (χ0v) is 13.9. The lowest BCUT2D eigenvalue weighted by atomic mass is 10.0. The topological polar surface area (TPSA) is 90.4 Å². The Morgan fingerprint density at radius 1 is 1.36 bits per heavy atom. The van der Waals surface area contributed by atoms with Crippen LogP contribution in [0.15, 0.2) is 4.99 Å². The number of nitrogens with one attached hydrogen (secondary N) is 1. The molecular formula is C15H28N6O. The maximum Gasteiger partial charge on any atom is 0.189 e. The van der Waals surface area contributed by atoms with E-state index in [9.17, 15) is 0 Å². The quantitative estimate of drug-likeness (QED) is 0.587. The molecule has 0 bridgehead atoms. The zero-order chi connectivity index (χ0) is 15.9. The van der Waals surface area contributed by atoms with E-state index in [4.69, 9.17) is 10.5 Å². The van der Waals surface area contributed by atoms with Crippen LogP contribution in [0, 0.1) is 5.92 Å². The first-order valence-electron chi connectivity index (χ1n) is 8.11. The van der Waals surface area contributed by atoms with Gasteiger partial charge in [-0.1, -0.05) is 26.7 Å². The number of fused-ring (bicyclic) bond motifs is 1. The molecule has 0 fully saturated rings. The second kappa shape index (κ2) is 8.12. The predicted octanol–water partition coefficient (Wildman–Crippen LogP) is 1.43. The number of hydrogen-bond acceptors (Lipinski definition) is 4. The van der Waals surface area contributed by atoms with Crippen molar-refractivity contribution in [3.8, 4) is 0 Å². The number of ether oxygens (including phenoxy) is 1. The van der Waals surface area contributed by atoms with Gasteiger partial charge in [0.25, 0.3) is 0 Å². The maximum atomic E-state index is 5.96. The fraction of sp³-hybridized carbons (Fsp3) is 0.800. The SMILES string of the molecule is CC(C)CCCC(C)NC(N)=NCc1nnc2n1CCOC2. The number of nitrogens with zero attached hydrogens (tertiary/aromatic N) is 4. The van der Waals surface area contributed by atoms with Gasteiger partial charge in [0, 0.05) is 12.6 Å². The summed E-state index contributed by atoms with van der Waals surface area (Å²) in [5.41, 5.74) is 5.96. The summed E-state index contributed by atoms with van der Waals surface area (Å²) in [6, 6.07) is 0.336. The molecule has 3 N–H and O–H groups in total. The van der Waals surface area contributed by atoms with Crippen LogP contribution in [0.3, 0.4) is 0 Å². The van der Waals surface area contributed by atoms with Gasteiger partial charge in [0.15, 0.2) is 17.6 Å². The molecule has 0 saturated carbocycles. The summed E-state index contributed by atoms with van der Waals surface area (Å²) >= 11 is 0. The summed E-state index contributed by atoms with van der Waals surface area (Å²) in [5.74, 6) is 2.93. The van der Waals surface area contributed by atoms with Crippen LogP contribution in [0.1, 0.15) is 51.7 Å². The first kappa shape index (κ1) is 16.7. The normalized spacial score (nSPS) is 16.6. The van der Waals surface area contributed by atoms with Crippen molar-refractivity contribution in [2.75, 3.05) is 6.61 Å². The number of guanidine groups is 1. The minimum absolute atomic E-state index is 0.336. The van der Waals surface area contributed by atoms with Crippen molar-refractivity contribution >= 4 is 5.96 Å². The van der Waals surface area contributed by atoms with Crippen LogP contribution in [0.4, 0.5) is 0 Å². The van der Waals surface area contributed by atoms with Gasteiger partial charge in [0.1, 0.15) is 13.2 Å². The van der Waals surface area contributed by atoms with E-state index in [1.54, 1.807) is 0 Å². The summed E-state index contributed by atoms with van der Waals surface area (Å²) in [5, 5.41) is 11.5. The highest BCUT2D eigenvalue weighted by atomic mass is 16.5. The summed E-state index contributed by atoms with van der Waals surface area (Å²) < 4.78 is 7.41. The molecule has 1 aliphatic heterocycles. The van der Waals surface area contributed by atoms with Gasteiger partial charge >= 0.3 is 0 Å². The van der Waals surface area contributed by atoms with Gasteiger partial charge in [-0.05, 0) is 19.3 Å². The lowest BCUT2D eigenvalue weighted by Crippen LogP contribution is -2.38. The number of aliphatic imine (C=N–C) groups is 1. The molecule has 0 amide bonds. The van der Waals surface area contributed by atoms with Crippen molar-refractivity contribution in [1.82, 2.24) is 20.1 Å². The van der Waals surface area contributed by atoms with Gasteiger partial charge in [0.2, 0.25) is 0 Å². The van der Waals surface area contributed by atoms with E-state index < -0.39 is 0 Å². The Labute approximate surface area is 132 Å². The Balaban J connectivity index is 1.78. The van der Waals surface area contributed by atoms with Crippen molar-refractivity contribution < 1.29 is 4.74 Å². The van der Waals surface area contributed by atoms with Crippen LogP contribution in [0.5, 0.6) is 0 Å². The van der Waals surface area contributed by atoms with Gasteiger partial charge < -0.3 is 20.4 Å². The molecule has 1 aromatic heterocycles. The summed E-state index contributed by atoms with van der Waals surface area (Å²) in [7, 11) is 0. The fourth-order valence-corrected chi connectivity index (χ4v) is 2.53. The van der Waals surface area contributed by atoms with Crippen LogP contribution in [0.2, 0.25) is 0 Å². The van der Waals surface area contributed by atoms with Crippen molar-refractivity contribution in [2.24, 2.45) is 16.6 Å². The smallest absolute Gasteiger partial charge is 0.189 e. The molecule has 0 aliphatic carbocycles. The van der Waals surface area contributed by atoms with E-state index in [1.165, 1.54) is 12.8 Å². The lowest BCUT2D eigenvalue weighted by Gasteiger charge is -2.16. The third-order valence-electron chi connectivity index (χ3n) is 3.80. The Kier molecular flexibility index (Phi) is 6.18. The molecule has 2 rings (SSSR count). The highest BCUT2D eigenvalue weighted by molar-refractivity contribution is 5.78. The third kappa shape index (κ3) is 4.98. The zero-order valence-electron chi connectivity index (χ0n) is 13.9. The van der Waals surface area contributed by atoms with E-state index in [0.29, 0.717) is 31.8 Å². The first-order chi connectivity index (χ1) is 10.6. The molecule has 0 aromatic carbocycles. The Hall–Kier alpha value is -1.63. The highest BCUT2D eigenvalue weighted by Gasteiger charge is 2.15. The van der Waals surface area contributed by atoms with Gasteiger partial charge in [0.05, 0.1) is 6.61 Å². The number of aromatic nitrogens is 3. The van der Waals surface area contributed by atoms with E-state index in [2.05, 4.69) is 45.8 Å². The number of hydrogen-bond donors (Lipinski definition) is 2. The molecule has 0 saturated heterocycles. The molecule has 124 valence electrons. The minimum atomic E-state index is 0.336. The van der Waals surface area contributed by atoms with Crippen LogP contribution in [-0.4, -0.2) is 33.4 Å². The van der Waals surface area contributed by atoms with E-state index in [0.717, 1.165) is 30.5 Å². The second-order valence-electron chi connectivity index (χ2n) is 6.31. The molecule has 2 heterocycles. The van der Waals surface area contributed by atoms with E-state index in [1.807, 2.05) is 0 Å². The fourth-order valence-electron chi connectivity index (χ4n) is 2.53. The molecule has 1 aliphatic rings. The van der Waals surface area contributed by atoms with Crippen LogP contribution in [-0.2, 0) is 24.4 Å². The van der Waals surface area contributed by atoms with Crippen molar-refractivity contribution in [2.45, 2.75) is 65.8 Å². The molecule has 7 nitrogen and oxygen atoms in total. The first-order valence-corrected chi connectivity index (χ1v) is 8.11. The van der Waals surface area contributed by atoms with Gasteiger partial charge in [-0.3, -0.25) is 0 Å². The standard InChI is InChI=1S/C15H28N6O/c1-11(2)5-4-6-12(3)18-15(16)17-9-13-19-20-14-10-22-8-7-21(13)14/h11-12H,4-10H2,1-3H3,(H3,16,17,18). The summed E-state index contributed by atoms with van der Waals surface area (Å²) in [6.45, 7) is 9.09. The van der Waals surface area contributed by atoms with Gasteiger partial charge in [-0.2, -0.15) is 0 Å². The minimum Gasteiger partial charge on any atom is -0.372 e. The predicted molar refractivity (Wildman–Crippen MR) is 86.3 cm³/mol. The Bertz CT molecular complexity index is 496. The summed E-state index contributed by atoms with van der Waals surface area (Å²) in [4.78, 5) is 4.38. The maximum absolute atomic E-state index is 5.96. The van der Waals surface area contributed by atoms with Crippen molar-refractivity contribution in [3.63, 3.8) is 0 Å². The van der Waals surface area contributed by atoms with E-state index >= 15 is 0 Å². The van der Waals surface area contributed by atoms with Crippen LogP contribution >= 0.6 is 0 Å². The molecule has 0 radical (unpaired) electrons. The molecule has 1 aromatic rings. The average Bonchev–Trinajstić information content (AvgIpc) is 2.88. The van der Waals surface area contributed by atoms with Crippen LogP contribution < -0.4 is 11.1 Å². The molecule has 0 spiro atoms. The largest absolute Gasteiger partial charge is 0.372 e. The van der Waals surface area contributed by atoms with Gasteiger partial charge in [-0.15, -0.1) is 10.2 Å². The monoisotopic (exact) mass is 308 g/mol. The molecule has 1 atom stereocenters. The summed E-state index contributed by atoms with van der Waals surface area (Å²) in [6.07, 6.45) is 3.56. The molecule has 1 unspecified atom stereocenters. The Morgan fingerprint density at radius 3 is 2.95 bits per heavy atom. The second-order valence-corrected chi connectivity index (χ2v) is 6.31. The lowest BCUT2D eigenvalue weighted by molar-refractivity contribution is 0.0806. The third-order valence-corrected chi connectivity index (χ3v) is 3.80. The van der Waals surface area contributed by atoms with Gasteiger partial charge in [-0.25, -0.2) is 4.99 Å². The molecule has 7 heteroatoms. The van der Waals surface area contributed by atoms with Crippen molar-refractivity contribution in [1.29, 1.82) is 0 Å². The van der Waals surface area contributed by atoms with E-state index in [-0.39, 0.29) is 0 Å². The van der Waals surface area contributed by atoms with Crippen molar-refractivity contribution in [3.05, 3.63) is 11.6 Å². The number of nitrogens with two attached hydrogens (primary N) is 1. The Morgan fingerprint density at radius 2 is 2.18 bits per heavy atom. The molecule has 22 heavy (non-hydrogen) atoms. The highest BCUT2D eigenvalue weighted by Crippen LogP contribution is 2.10. The number of rotatable bonds is 7. The van der Waals surface area contributed by atoms with Crippen LogP contribution in [0.25, 0.3) is 0 Å². The average molecular weight is 308 g/mol. The molecular weight excluding hydrogens is 280 g/mol.